The van der Waals surface area contributed by atoms with Gasteiger partial charge in [0.15, 0.2) is 0 Å². The first-order chi connectivity index (χ1) is 16.0. The molecule has 2 aromatic carbocycles. The fourth-order valence-electron chi connectivity index (χ4n) is 4.31. The van der Waals surface area contributed by atoms with Gasteiger partial charge < -0.3 is 0 Å². The molecular formula is C25H32AsN5OS. The average molecular weight is 526 g/mol. The van der Waals surface area contributed by atoms with E-state index in [4.69, 9.17) is 9.97 Å². The van der Waals surface area contributed by atoms with Crippen molar-refractivity contribution in [3.8, 4) is 0 Å². The standard InChI is InChI=1S/C25H32AsN5OS/c1-26(2)23-19-8-4-5-9-20(19)29-24(31-23)28-18-14-12-17(13-15-18)16-27-25(32)30-21-10-6-7-11-22(21)33-3/h4-11,17-18H,12-16H2,1-3H3,(H2,27,30,32)(H,28,29,31)/t17-,18+. The number of fused-ring (bicyclic) bond motifs is 1. The molecule has 0 bridgehead atoms. The number of anilines is 2. The Hall–Kier alpha value is -2.24. The van der Waals surface area contributed by atoms with E-state index in [0.29, 0.717) is 18.5 Å². The van der Waals surface area contributed by atoms with E-state index in [9.17, 15) is 4.79 Å². The van der Waals surface area contributed by atoms with Crippen LogP contribution in [0.1, 0.15) is 25.7 Å². The summed E-state index contributed by atoms with van der Waals surface area (Å²) in [4.78, 5) is 23.1. The Morgan fingerprint density at radius 3 is 2.52 bits per heavy atom. The third-order valence-corrected chi connectivity index (χ3v) is 9.38. The monoisotopic (exact) mass is 525 g/mol. The van der Waals surface area contributed by atoms with E-state index in [1.165, 1.54) is 9.87 Å². The molecule has 4 rings (SSSR count). The van der Waals surface area contributed by atoms with Crippen molar-refractivity contribution in [2.24, 2.45) is 5.92 Å². The summed E-state index contributed by atoms with van der Waals surface area (Å²) < 4.78 is 1.24. The fourth-order valence-corrected chi connectivity index (χ4v) is 6.89. The van der Waals surface area contributed by atoms with Crippen LogP contribution in [-0.2, 0) is 0 Å². The van der Waals surface area contributed by atoms with Gasteiger partial charge in [-0.05, 0) is 18.4 Å². The predicted octanol–water partition coefficient (Wildman–Crippen LogP) is 5.11. The molecule has 0 unspecified atom stereocenters. The van der Waals surface area contributed by atoms with Gasteiger partial charge in [-0.3, -0.25) is 0 Å². The molecule has 2 amide bonds. The molecule has 0 saturated heterocycles. The molecule has 0 spiro atoms. The number of aromatic nitrogens is 2. The Morgan fingerprint density at radius 1 is 1.03 bits per heavy atom. The summed E-state index contributed by atoms with van der Waals surface area (Å²) in [5, 5.41) is 10.8. The Labute approximate surface area is 205 Å². The number of rotatable bonds is 7. The van der Waals surface area contributed by atoms with Gasteiger partial charge in [0, 0.05) is 4.90 Å². The Balaban J connectivity index is 1.27. The third kappa shape index (κ3) is 6.21. The average Bonchev–Trinajstić information content (AvgIpc) is 2.83. The number of carbonyl (C=O) groups excluding carboxylic acids is 1. The quantitative estimate of drug-likeness (QED) is 0.295. The molecule has 3 N–H and O–H groups in total. The second-order valence-corrected chi connectivity index (χ2v) is 14.2. The minimum atomic E-state index is -1.13. The number of thioether (sulfide) groups is 1. The van der Waals surface area contributed by atoms with Crippen LogP contribution in [0.5, 0.6) is 0 Å². The van der Waals surface area contributed by atoms with Crippen molar-refractivity contribution in [3.63, 3.8) is 0 Å². The number of carbonyl (C=O) groups is 1. The van der Waals surface area contributed by atoms with Gasteiger partial charge in [-0.25, -0.2) is 0 Å². The number of nitrogens with one attached hydrogen (secondary N) is 3. The number of urea groups is 1. The van der Waals surface area contributed by atoms with Crippen LogP contribution < -0.4 is 20.4 Å². The van der Waals surface area contributed by atoms with Gasteiger partial charge in [0.2, 0.25) is 0 Å². The van der Waals surface area contributed by atoms with Gasteiger partial charge in [-0.15, -0.1) is 11.8 Å². The summed E-state index contributed by atoms with van der Waals surface area (Å²) in [6, 6.07) is 16.4. The van der Waals surface area contributed by atoms with Crippen molar-refractivity contribution in [1.29, 1.82) is 0 Å². The van der Waals surface area contributed by atoms with E-state index >= 15 is 0 Å². The van der Waals surface area contributed by atoms with Crippen LogP contribution in [0.15, 0.2) is 53.4 Å². The van der Waals surface area contributed by atoms with Crippen LogP contribution >= 0.6 is 11.8 Å². The number of amides is 2. The number of para-hydroxylation sites is 2. The van der Waals surface area contributed by atoms with Gasteiger partial charge in [-0.2, -0.15) is 0 Å². The van der Waals surface area contributed by atoms with E-state index < -0.39 is 14.7 Å². The molecule has 1 heterocycles. The summed E-state index contributed by atoms with van der Waals surface area (Å²) in [5.74, 6) is 1.27. The summed E-state index contributed by atoms with van der Waals surface area (Å²) in [6.45, 7) is 0.704. The van der Waals surface area contributed by atoms with Crippen LogP contribution in [0.3, 0.4) is 0 Å². The molecule has 1 aliphatic rings. The van der Waals surface area contributed by atoms with Crippen molar-refractivity contribution in [1.82, 2.24) is 15.3 Å². The Kier molecular flexibility index (Phi) is 8.15. The Bertz CT molecular complexity index is 1100. The zero-order valence-corrected chi connectivity index (χ0v) is 22.2. The third-order valence-electron chi connectivity index (χ3n) is 6.09. The van der Waals surface area contributed by atoms with Crippen LogP contribution in [0.25, 0.3) is 10.9 Å². The summed E-state index contributed by atoms with van der Waals surface area (Å²) >= 11 is 0.496. The SMILES string of the molecule is CSc1ccccc1NC(=O)NC[C@H]1CC[C@@H](Nc2nc([As](C)C)c3ccccc3n2)CC1. The summed E-state index contributed by atoms with van der Waals surface area (Å²) in [5.41, 5.74) is 6.52. The minimum absolute atomic E-state index is 0.132. The molecule has 1 fully saturated rings. The van der Waals surface area contributed by atoms with E-state index in [0.717, 1.165) is 47.7 Å². The molecule has 6 nitrogen and oxygen atoms in total. The van der Waals surface area contributed by atoms with Gasteiger partial charge in [0.25, 0.3) is 0 Å². The predicted molar refractivity (Wildman–Crippen MR) is 141 cm³/mol. The zero-order chi connectivity index (χ0) is 23.2. The zero-order valence-electron chi connectivity index (χ0n) is 19.5. The molecule has 33 heavy (non-hydrogen) atoms. The van der Waals surface area contributed by atoms with Gasteiger partial charge in [0.1, 0.15) is 0 Å². The van der Waals surface area contributed by atoms with E-state index in [1.54, 1.807) is 11.8 Å². The van der Waals surface area contributed by atoms with Gasteiger partial charge >= 0.3 is 153 Å². The van der Waals surface area contributed by atoms with Crippen LogP contribution in [0, 0.1) is 5.92 Å². The maximum absolute atomic E-state index is 12.4. The summed E-state index contributed by atoms with van der Waals surface area (Å²) in [7, 11) is 0. The topological polar surface area (TPSA) is 78.9 Å². The Morgan fingerprint density at radius 2 is 1.76 bits per heavy atom. The first-order valence-electron chi connectivity index (χ1n) is 11.4. The van der Waals surface area contributed by atoms with Gasteiger partial charge in [-0.1, -0.05) is 12.1 Å². The van der Waals surface area contributed by atoms with Crippen molar-refractivity contribution >= 4 is 59.5 Å². The van der Waals surface area contributed by atoms with E-state index in [-0.39, 0.29) is 6.03 Å². The maximum atomic E-state index is 12.4. The molecule has 1 aromatic heterocycles. The van der Waals surface area contributed by atoms with Gasteiger partial charge in [0.05, 0.1) is 5.69 Å². The number of hydrogen-bond donors (Lipinski definition) is 3. The second-order valence-electron chi connectivity index (χ2n) is 8.68. The normalized spacial score (nSPS) is 18.3. The molecule has 174 valence electrons. The second kappa shape index (κ2) is 11.3. The summed E-state index contributed by atoms with van der Waals surface area (Å²) in [6.07, 6.45) is 6.31. The molecular weight excluding hydrogens is 493 g/mol. The van der Waals surface area contributed by atoms with Crippen molar-refractivity contribution < 1.29 is 4.79 Å². The number of benzene rings is 2. The molecule has 0 radical (unpaired) electrons. The fraction of sp³-hybridized carbons (Fsp3) is 0.400. The van der Waals surface area contributed by atoms with E-state index in [1.807, 2.05) is 36.6 Å². The number of nitrogens with zero attached hydrogens (tertiary/aromatic N) is 2. The molecule has 0 atom stereocenters. The first-order valence-corrected chi connectivity index (χ1v) is 17.3. The van der Waals surface area contributed by atoms with Crippen molar-refractivity contribution in [2.45, 2.75) is 48.0 Å². The van der Waals surface area contributed by atoms with E-state index in [2.05, 4.69) is 45.6 Å². The van der Waals surface area contributed by atoms with Crippen molar-refractivity contribution in [2.75, 3.05) is 23.4 Å². The molecule has 0 aliphatic heterocycles. The molecule has 3 aromatic rings. The molecule has 1 aliphatic carbocycles. The van der Waals surface area contributed by atoms with Crippen LogP contribution in [0.4, 0.5) is 16.4 Å². The molecule has 1 saturated carbocycles. The first kappa shape index (κ1) is 23.9. The van der Waals surface area contributed by atoms with Crippen molar-refractivity contribution in [3.05, 3.63) is 48.5 Å². The van der Waals surface area contributed by atoms with Crippen LogP contribution in [0.2, 0.25) is 11.4 Å². The van der Waals surface area contributed by atoms with Crippen LogP contribution in [-0.4, -0.2) is 49.5 Å². The molecule has 8 heteroatoms. The number of hydrogen-bond acceptors (Lipinski definition) is 5.